The van der Waals surface area contributed by atoms with Crippen LogP contribution in [0.2, 0.25) is 0 Å². The van der Waals surface area contributed by atoms with Crippen LogP contribution in [-0.2, 0) is 22.6 Å². The number of ether oxygens (including phenoxy) is 3. The normalized spacial score (nSPS) is 12.9. The zero-order valence-electron chi connectivity index (χ0n) is 16.9. The van der Waals surface area contributed by atoms with Gasteiger partial charge in [0.15, 0.2) is 11.5 Å². The van der Waals surface area contributed by atoms with Gasteiger partial charge in [0.25, 0.3) is 0 Å². The van der Waals surface area contributed by atoms with E-state index in [1.807, 2.05) is 42.5 Å². The highest BCUT2D eigenvalue weighted by molar-refractivity contribution is 5.87. The molecule has 0 saturated carbocycles. The Bertz CT molecular complexity index is 883. The number of amides is 2. The van der Waals surface area contributed by atoms with E-state index in [0.29, 0.717) is 30.2 Å². The molecule has 0 spiro atoms. The van der Waals surface area contributed by atoms with E-state index in [-0.39, 0.29) is 25.0 Å². The predicted molar refractivity (Wildman–Crippen MR) is 108 cm³/mol. The van der Waals surface area contributed by atoms with Crippen LogP contribution in [0.1, 0.15) is 24.5 Å². The number of fused-ring (bicyclic) bond motifs is 1. The second-order valence-corrected chi connectivity index (χ2v) is 6.85. The Balaban J connectivity index is 1.72. The number of hydrogen-bond acceptors (Lipinski definition) is 5. The largest absolute Gasteiger partial charge is 0.497 e. The van der Waals surface area contributed by atoms with Crippen molar-refractivity contribution in [2.24, 2.45) is 0 Å². The molecule has 0 aliphatic carbocycles. The third-order valence-corrected chi connectivity index (χ3v) is 4.97. The summed E-state index contributed by atoms with van der Waals surface area (Å²) in [6.07, 6.45) is 0.829. The molecule has 0 bridgehead atoms. The highest BCUT2D eigenvalue weighted by atomic mass is 16.7. The first-order valence-corrected chi connectivity index (χ1v) is 9.54. The number of benzene rings is 2. The first-order chi connectivity index (χ1) is 14.0. The standard InChI is InChI=1S/C22H26N2O5/c1-15(22(26)23-2)24(13-17-5-4-6-18(11-17)27-3)21(25)10-8-16-7-9-19-20(12-16)29-14-28-19/h4-7,9,11-12,15H,8,10,13-14H2,1-3H3,(H,23,26). The smallest absolute Gasteiger partial charge is 0.242 e. The van der Waals surface area contributed by atoms with E-state index in [1.54, 1.807) is 26.0 Å². The van der Waals surface area contributed by atoms with E-state index in [4.69, 9.17) is 14.2 Å². The van der Waals surface area contributed by atoms with Gasteiger partial charge in [-0.05, 0) is 48.7 Å². The minimum absolute atomic E-state index is 0.0958. The fourth-order valence-electron chi connectivity index (χ4n) is 3.25. The molecule has 7 nitrogen and oxygen atoms in total. The summed E-state index contributed by atoms with van der Waals surface area (Å²) in [5, 5.41) is 2.62. The van der Waals surface area contributed by atoms with Crippen molar-refractivity contribution in [1.82, 2.24) is 10.2 Å². The number of likely N-dealkylation sites (N-methyl/N-ethyl adjacent to an activating group) is 1. The fraction of sp³-hybridized carbons (Fsp3) is 0.364. The van der Waals surface area contributed by atoms with Gasteiger partial charge in [-0.3, -0.25) is 9.59 Å². The monoisotopic (exact) mass is 398 g/mol. The Labute approximate surface area is 170 Å². The molecule has 1 N–H and O–H groups in total. The van der Waals surface area contributed by atoms with Gasteiger partial charge in [-0.15, -0.1) is 0 Å². The summed E-state index contributed by atoms with van der Waals surface area (Å²) in [7, 11) is 3.17. The second-order valence-electron chi connectivity index (χ2n) is 6.85. The van der Waals surface area contributed by atoms with Crippen LogP contribution in [0, 0.1) is 0 Å². The molecule has 154 valence electrons. The lowest BCUT2D eigenvalue weighted by molar-refractivity contribution is -0.140. The van der Waals surface area contributed by atoms with Crippen LogP contribution < -0.4 is 19.5 Å². The second kappa shape index (κ2) is 9.32. The molecule has 0 aromatic heterocycles. The van der Waals surface area contributed by atoms with Gasteiger partial charge in [-0.1, -0.05) is 18.2 Å². The van der Waals surface area contributed by atoms with Crippen LogP contribution in [0.15, 0.2) is 42.5 Å². The highest BCUT2D eigenvalue weighted by Gasteiger charge is 2.25. The molecule has 1 heterocycles. The molecule has 2 amide bonds. The summed E-state index contributed by atoms with van der Waals surface area (Å²) in [5.74, 6) is 1.82. The predicted octanol–water partition coefficient (Wildman–Crippen LogP) is 2.52. The van der Waals surface area contributed by atoms with E-state index in [9.17, 15) is 9.59 Å². The minimum Gasteiger partial charge on any atom is -0.497 e. The van der Waals surface area contributed by atoms with Crippen LogP contribution in [0.5, 0.6) is 17.2 Å². The molecular formula is C22H26N2O5. The molecule has 3 rings (SSSR count). The lowest BCUT2D eigenvalue weighted by Gasteiger charge is -2.28. The van der Waals surface area contributed by atoms with Crippen molar-refractivity contribution in [1.29, 1.82) is 0 Å². The molecule has 0 saturated heterocycles. The Kier molecular flexibility index (Phi) is 6.59. The summed E-state index contributed by atoms with van der Waals surface area (Å²) < 4.78 is 16.0. The van der Waals surface area contributed by atoms with Crippen molar-refractivity contribution >= 4 is 11.8 Å². The Hall–Kier alpha value is -3.22. The van der Waals surface area contributed by atoms with Crippen LogP contribution in [0.4, 0.5) is 0 Å². The molecule has 1 atom stereocenters. The van der Waals surface area contributed by atoms with Gasteiger partial charge >= 0.3 is 0 Å². The number of carbonyl (C=O) groups is 2. The molecule has 1 unspecified atom stereocenters. The van der Waals surface area contributed by atoms with E-state index in [2.05, 4.69) is 5.32 Å². The molecule has 29 heavy (non-hydrogen) atoms. The SMILES string of the molecule is CNC(=O)C(C)N(Cc1cccc(OC)c1)C(=O)CCc1ccc2c(c1)OCO2. The first-order valence-electron chi connectivity index (χ1n) is 9.54. The van der Waals surface area contributed by atoms with Crippen LogP contribution in [-0.4, -0.2) is 43.7 Å². The van der Waals surface area contributed by atoms with E-state index in [0.717, 1.165) is 11.1 Å². The Morgan fingerprint density at radius 3 is 2.69 bits per heavy atom. The number of rotatable bonds is 8. The summed E-state index contributed by atoms with van der Waals surface area (Å²) in [5.41, 5.74) is 1.88. The van der Waals surface area contributed by atoms with Crippen LogP contribution in [0.3, 0.4) is 0 Å². The van der Waals surface area contributed by atoms with Crippen molar-refractivity contribution in [2.45, 2.75) is 32.4 Å². The quantitative estimate of drug-likeness (QED) is 0.739. The maximum absolute atomic E-state index is 13.0. The first kappa shape index (κ1) is 20.5. The van der Waals surface area contributed by atoms with Crippen molar-refractivity contribution in [3.8, 4) is 17.2 Å². The molecule has 0 radical (unpaired) electrons. The van der Waals surface area contributed by atoms with E-state index >= 15 is 0 Å². The average molecular weight is 398 g/mol. The number of nitrogens with zero attached hydrogens (tertiary/aromatic N) is 1. The van der Waals surface area contributed by atoms with Gasteiger partial charge < -0.3 is 24.4 Å². The average Bonchev–Trinajstić information content (AvgIpc) is 3.22. The minimum atomic E-state index is -0.588. The maximum Gasteiger partial charge on any atom is 0.242 e. The third-order valence-electron chi connectivity index (χ3n) is 4.97. The third kappa shape index (κ3) is 4.99. The van der Waals surface area contributed by atoms with Gasteiger partial charge in [-0.2, -0.15) is 0 Å². The molecule has 1 aliphatic rings. The Morgan fingerprint density at radius 1 is 1.14 bits per heavy atom. The molecule has 0 fully saturated rings. The zero-order chi connectivity index (χ0) is 20.8. The summed E-state index contributed by atoms with van der Waals surface area (Å²) in [6.45, 7) is 2.28. The summed E-state index contributed by atoms with van der Waals surface area (Å²) in [4.78, 5) is 26.8. The fourth-order valence-corrected chi connectivity index (χ4v) is 3.25. The molecule has 2 aromatic carbocycles. The molecule has 7 heteroatoms. The number of methoxy groups -OCH3 is 1. The number of nitrogens with one attached hydrogen (secondary N) is 1. The topological polar surface area (TPSA) is 77.1 Å². The van der Waals surface area contributed by atoms with E-state index in [1.165, 1.54) is 0 Å². The molecular weight excluding hydrogens is 372 g/mol. The van der Waals surface area contributed by atoms with Gasteiger partial charge in [0.2, 0.25) is 18.6 Å². The summed E-state index contributed by atoms with van der Waals surface area (Å²) >= 11 is 0. The van der Waals surface area contributed by atoms with Crippen LogP contribution >= 0.6 is 0 Å². The number of aryl methyl sites for hydroxylation is 1. The molecule has 1 aliphatic heterocycles. The zero-order valence-corrected chi connectivity index (χ0v) is 16.9. The Morgan fingerprint density at radius 2 is 1.93 bits per heavy atom. The van der Waals surface area contributed by atoms with Crippen molar-refractivity contribution in [3.63, 3.8) is 0 Å². The van der Waals surface area contributed by atoms with Gasteiger partial charge in [0.1, 0.15) is 11.8 Å². The van der Waals surface area contributed by atoms with Crippen molar-refractivity contribution < 1.29 is 23.8 Å². The van der Waals surface area contributed by atoms with Gasteiger partial charge in [0.05, 0.1) is 7.11 Å². The lowest BCUT2D eigenvalue weighted by Crippen LogP contribution is -2.46. The lowest BCUT2D eigenvalue weighted by atomic mass is 10.1. The summed E-state index contributed by atoms with van der Waals surface area (Å²) in [6, 6.07) is 12.6. The van der Waals surface area contributed by atoms with Crippen molar-refractivity contribution in [3.05, 3.63) is 53.6 Å². The van der Waals surface area contributed by atoms with Crippen molar-refractivity contribution in [2.75, 3.05) is 21.0 Å². The van der Waals surface area contributed by atoms with Gasteiger partial charge in [-0.25, -0.2) is 0 Å². The molecule has 2 aromatic rings. The van der Waals surface area contributed by atoms with Gasteiger partial charge in [0, 0.05) is 20.0 Å². The highest BCUT2D eigenvalue weighted by Crippen LogP contribution is 2.32. The number of hydrogen-bond donors (Lipinski definition) is 1. The maximum atomic E-state index is 13.0. The van der Waals surface area contributed by atoms with E-state index < -0.39 is 6.04 Å². The van der Waals surface area contributed by atoms with Crippen LogP contribution in [0.25, 0.3) is 0 Å². The number of carbonyl (C=O) groups excluding carboxylic acids is 2.